The Labute approximate surface area is 185 Å². The van der Waals surface area contributed by atoms with Crippen LogP contribution in [0.15, 0.2) is 36.4 Å². The summed E-state index contributed by atoms with van der Waals surface area (Å²) >= 11 is 1.47. The average molecular weight is 444 g/mol. The first-order valence-corrected chi connectivity index (χ1v) is 11.2. The molecule has 0 bridgehead atoms. The Morgan fingerprint density at radius 1 is 1.23 bits per heavy atom. The molecular formula is C23H26FN3O3S. The summed E-state index contributed by atoms with van der Waals surface area (Å²) in [6.07, 6.45) is 2.50. The standard InChI is InChI=1S/C23H26FN3O3S/c1-29-19-8-5-15(12-20(19)30-2)9-10-25-22(28)16-4-3-11-27(14-16)23-26-18-7-6-17(24)13-21(18)31-23/h5-8,12-13,16H,3-4,9-11,14H2,1-2H3,(H,25,28). The molecule has 0 saturated carbocycles. The molecule has 1 amide bonds. The first-order valence-electron chi connectivity index (χ1n) is 10.4. The first kappa shape index (κ1) is 21.4. The molecule has 2 heterocycles. The number of benzene rings is 2. The number of hydrogen-bond acceptors (Lipinski definition) is 6. The van der Waals surface area contributed by atoms with E-state index in [1.54, 1.807) is 20.3 Å². The maximum atomic E-state index is 13.5. The third kappa shape index (κ3) is 4.90. The molecule has 0 aliphatic carbocycles. The maximum absolute atomic E-state index is 13.5. The van der Waals surface area contributed by atoms with Gasteiger partial charge in [0.25, 0.3) is 0 Å². The van der Waals surface area contributed by atoms with Crippen LogP contribution in [0.4, 0.5) is 9.52 Å². The zero-order valence-corrected chi connectivity index (χ0v) is 18.5. The summed E-state index contributed by atoms with van der Waals surface area (Å²) in [5.74, 6) is 1.11. The summed E-state index contributed by atoms with van der Waals surface area (Å²) in [5.41, 5.74) is 1.87. The van der Waals surface area contributed by atoms with Crippen LogP contribution in [-0.4, -0.2) is 44.7 Å². The van der Waals surface area contributed by atoms with Crippen LogP contribution >= 0.6 is 11.3 Å². The van der Waals surface area contributed by atoms with Gasteiger partial charge in [-0.25, -0.2) is 9.37 Å². The molecule has 164 valence electrons. The number of nitrogens with one attached hydrogen (secondary N) is 1. The number of nitrogens with zero attached hydrogens (tertiary/aromatic N) is 2. The smallest absolute Gasteiger partial charge is 0.224 e. The second kappa shape index (κ2) is 9.51. The number of aromatic nitrogens is 1. The molecule has 0 radical (unpaired) electrons. The summed E-state index contributed by atoms with van der Waals surface area (Å²) in [6.45, 7) is 2.05. The van der Waals surface area contributed by atoms with Gasteiger partial charge in [0.05, 0.1) is 30.4 Å². The molecular weight excluding hydrogens is 417 g/mol. The lowest BCUT2D eigenvalue weighted by Gasteiger charge is -2.31. The Morgan fingerprint density at radius 3 is 2.87 bits per heavy atom. The van der Waals surface area contributed by atoms with Crippen LogP contribution in [0.25, 0.3) is 10.2 Å². The third-order valence-electron chi connectivity index (χ3n) is 5.56. The number of ether oxygens (including phenoxy) is 2. The fourth-order valence-electron chi connectivity index (χ4n) is 3.90. The molecule has 8 heteroatoms. The number of carbonyl (C=O) groups excluding carboxylic acids is 1. The topological polar surface area (TPSA) is 63.7 Å². The van der Waals surface area contributed by atoms with Crippen LogP contribution in [0.2, 0.25) is 0 Å². The SMILES string of the molecule is COc1ccc(CCNC(=O)C2CCCN(c3nc4ccc(F)cc4s3)C2)cc1OC. The second-order valence-electron chi connectivity index (χ2n) is 7.62. The van der Waals surface area contributed by atoms with Crippen molar-refractivity contribution >= 4 is 32.6 Å². The van der Waals surface area contributed by atoms with Crippen molar-refractivity contribution in [1.82, 2.24) is 10.3 Å². The molecule has 3 aromatic rings. The molecule has 1 unspecified atom stereocenters. The Hall–Kier alpha value is -2.87. The maximum Gasteiger partial charge on any atom is 0.224 e. The van der Waals surface area contributed by atoms with Gasteiger partial charge in [-0.1, -0.05) is 17.4 Å². The molecule has 1 saturated heterocycles. The molecule has 1 aliphatic rings. The number of anilines is 1. The highest BCUT2D eigenvalue weighted by Crippen LogP contribution is 2.32. The van der Waals surface area contributed by atoms with E-state index in [1.807, 2.05) is 18.2 Å². The number of rotatable bonds is 7. The summed E-state index contributed by atoms with van der Waals surface area (Å²) < 4.78 is 24.9. The Balaban J connectivity index is 1.33. The van der Waals surface area contributed by atoms with Gasteiger partial charge in [0.1, 0.15) is 5.82 Å². The summed E-state index contributed by atoms with van der Waals surface area (Å²) in [7, 11) is 3.22. The Kier molecular flexibility index (Phi) is 6.56. The van der Waals surface area contributed by atoms with E-state index in [0.717, 1.165) is 40.3 Å². The molecule has 2 aromatic carbocycles. The van der Waals surface area contributed by atoms with Gasteiger partial charge in [-0.05, 0) is 55.2 Å². The van der Waals surface area contributed by atoms with Crippen LogP contribution in [0, 0.1) is 11.7 Å². The fraction of sp³-hybridized carbons (Fsp3) is 0.391. The first-order chi connectivity index (χ1) is 15.1. The van der Waals surface area contributed by atoms with Gasteiger partial charge in [0.15, 0.2) is 16.6 Å². The van der Waals surface area contributed by atoms with E-state index in [1.165, 1.54) is 23.5 Å². The Bertz CT molecular complexity index is 1070. The number of piperidine rings is 1. The molecule has 4 rings (SSSR count). The second-order valence-corrected chi connectivity index (χ2v) is 8.63. The van der Waals surface area contributed by atoms with Crippen molar-refractivity contribution < 1.29 is 18.7 Å². The van der Waals surface area contributed by atoms with E-state index in [4.69, 9.17) is 9.47 Å². The molecule has 1 atom stereocenters. The number of methoxy groups -OCH3 is 2. The van der Waals surface area contributed by atoms with E-state index in [0.29, 0.717) is 31.0 Å². The largest absolute Gasteiger partial charge is 0.493 e. The van der Waals surface area contributed by atoms with Crippen molar-refractivity contribution in [2.75, 3.05) is 38.8 Å². The van der Waals surface area contributed by atoms with Crippen molar-refractivity contribution in [3.8, 4) is 11.5 Å². The van der Waals surface area contributed by atoms with Gasteiger partial charge >= 0.3 is 0 Å². The van der Waals surface area contributed by atoms with Crippen molar-refractivity contribution in [3.63, 3.8) is 0 Å². The molecule has 1 aliphatic heterocycles. The fourth-order valence-corrected chi connectivity index (χ4v) is 4.92. The minimum Gasteiger partial charge on any atom is -0.493 e. The van der Waals surface area contributed by atoms with Gasteiger partial charge < -0.3 is 19.7 Å². The van der Waals surface area contributed by atoms with Crippen molar-refractivity contribution in [2.24, 2.45) is 5.92 Å². The molecule has 6 nitrogen and oxygen atoms in total. The van der Waals surface area contributed by atoms with Gasteiger partial charge in [0, 0.05) is 19.6 Å². The van der Waals surface area contributed by atoms with Crippen LogP contribution < -0.4 is 19.7 Å². The quantitative estimate of drug-likeness (QED) is 0.597. The van der Waals surface area contributed by atoms with Gasteiger partial charge in [-0.2, -0.15) is 0 Å². The van der Waals surface area contributed by atoms with E-state index in [9.17, 15) is 9.18 Å². The zero-order chi connectivity index (χ0) is 21.8. The average Bonchev–Trinajstić information content (AvgIpc) is 3.22. The Morgan fingerprint density at radius 2 is 2.06 bits per heavy atom. The predicted octanol–water partition coefficient (Wildman–Crippen LogP) is 4.03. The van der Waals surface area contributed by atoms with E-state index < -0.39 is 0 Å². The monoisotopic (exact) mass is 443 g/mol. The van der Waals surface area contributed by atoms with Crippen LogP contribution in [0.3, 0.4) is 0 Å². The van der Waals surface area contributed by atoms with Gasteiger partial charge in [0.2, 0.25) is 5.91 Å². The lowest BCUT2D eigenvalue weighted by Crippen LogP contribution is -2.43. The van der Waals surface area contributed by atoms with Crippen molar-refractivity contribution in [2.45, 2.75) is 19.3 Å². The van der Waals surface area contributed by atoms with Crippen LogP contribution in [-0.2, 0) is 11.2 Å². The molecule has 0 spiro atoms. The molecule has 1 N–H and O–H groups in total. The number of hydrogen-bond donors (Lipinski definition) is 1. The number of thiazole rings is 1. The number of amides is 1. The lowest BCUT2D eigenvalue weighted by molar-refractivity contribution is -0.125. The van der Waals surface area contributed by atoms with Crippen molar-refractivity contribution in [1.29, 1.82) is 0 Å². The third-order valence-corrected chi connectivity index (χ3v) is 6.64. The van der Waals surface area contributed by atoms with Gasteiger partial charge in [-0.15, -0.1) is 0 Å². The van der Waals surface area contributed by atoms with Crippen LogP contribution in [0.1, 0.15) is 18.4 Å². The molecule has 1 aromatic heterocycles. The zero-order valence-electron chi connectivity index (χ0n) is 17.7. The van der Waals surface area contributed by atoms with E-state index in [2.05, 4.69) is 15.2 Å². The number of carbonyl (C=O) groups is 1. The number of halogens is 1. The summed E-state index contributed by atoms with van der Waals surface area (Å²) in [6, 6.07) is 10.4. The summed E-state index contributed by atoms with van der Waals surface area (Å²) in [5, 5.41) is 3.92. The number of fused-ring (bicyclic) bond motifs is 1. The van der Waals surface area contributed by atoms with E-state index >= 15 is 0 Å². The van der Waals surface area contributed by atoms with Crippen molar-refractivity contribution in [3.05, 3.63) is 47.8 Å². The van der Waals surface area contributed by atoms with Crippen LogP contribution in [0.5, 0.6) is 11.5 Å². The van der Waals surface area contributed by atoms with E-state index in [-0.39, 0.29) is 17.6 Å². The lowest BCUT2D eigenvalue weighted by atomic mass is 9.97. The normalized spacial score (nSPS) is 16.4. The molecule has 1 fully saturated rings. The predicted molar refractivity (Wildman–Crippen MR) is 121 cm³/mol. The minimum atomic E-state index is -0.256. The minimum absolute atomic E-state index is 0.0670. The summed E-state index contributed by atoms with van der Waals surface area (Å²) in [4.78, 5) is 19.5. The molecule has 31 heavy (non-hydrogen) atoms. The highest BCUT2D eigenvalue weighted by Gasteiger charge is 2.27. The van der Waals surface area contributed by atoms with Gasteiger partial charge in [-0.3, -0.25) is 4.79 Å². The highest BCUT2D eigenvalue weighted by molar-refractivity contribution is 7.22. The highest BCUT2D eigenvalue weighted by atomic mass is 32.1.